The van der Waals surface area contributed by atoms with E-state index in [2.05, 4.69) is 10.0 Å². The van der Waals surface area contributed by atoms with Crippen LogP contribution in [0.1, 0.15) is 13.3 Å². The zero-order chi connectivity index (χ0) is 18.4. The SMILES string of the molecule is CCCS(=O)(=O)Nc1ccc(Nc2cc(OC)c(Cl)cc2OC)cc1. The van der Waals surface area contributed by atoms with Gasteiger partial charge in [0.25, 0.3) is 0 Å². The third-order valence-corrected chi connectivity index (χ3v) is 5.17. The third-order valence-electron chi connectivity index (χ3n) is 3.38. The molecule has 136 valence electrons. The summed E-state index contributed by atoms with van der Waals surface area (Å²) in [5, 5.41) is 3.65. The fourth-order valence-corrected chi connectivity index (χ4v) is 3.60. The van der Waals surface area contributed by atoms with E-state index < -0.39 is 10.0 Å². The summed E-state index contributed by atoms with van der Waals surface area (Å²) < 4.78 is 36.7. The molecule has 0 aliphatic heterocycles. The molecule has 0 bridgehead atoms. The molecule has 2 aromatic carbocycles. The molecule has 8 heteroatoms. The van der Waals surface area contributed by atoms with Crippen molar-refractivity contribution in [1.82, 2.24) is 0 Å². The number of sulfonamides is 1. The summed E-state index contributed by atoms with van der Waals surface area (Å²) in [6.07, 6.45) is 0.563. The summed E-state index contributed by atoms with van der Waals surface area (Å²) in [4.78, 5) is 0. The highest BCUT2D eigenvalue weighted by Gasteiger charge is 2.11. The minimum absolute atomic E-state index is 0.0920. The Balaban J connectivity index is 2.19. The topological polar surface area (TPSA) is 76.7 Å². The molecule has 0 unspecified atom stereocenters. The number of anilines is 3. The van der Waals surface area contributed by atoms with Gasteiger partial charge in [-0.2, -0.15) is 0 Å². The van der Waals surface area contributed by atoms with Gasteiger partial charge in [0.2, 0.25) is 10.0 Å². The van der Waals surface area contributed by atoms with Crippen molar-refractivity contribution < 1.29 is 17.9 Å². The average molecular weight is 385 g/mol. The van der Waals surface area contributed by atoms with E-state index in [9.17, 15) is 8.42 Å². The van der Waals surface area contributed by atoms with Crippen LogP contribution in [-0.4, -0.2) is 28.4 Å². The molecular formula is C17H21ClN2O4S. The fourth-order valence-electron chi connectivity index (χ4n) is 2.23. The van der Waals surface area contributed by atoms with Crippen molar-refractivity contribution in [2.75, 3.05) is 30.0 Å². The molecule has 0 radical (unpaired) electrons. The lowest BCUT2D eigenvalue weighted by atomic mass is 10.2. The van der Waals surface area contributed by atoms with Gasteiger partial charge in [-0.15, -0.1) is 0 Å². The Labute approximate surface area is 153 Å². The van der Waals surface area contributed by atoms with E-state index in [-0.39, 0.29) is 5.75 Å². The number of methoxy groups -OCH3 is 2. The molecule has 2 aromatic rings. The van der Waals surface area contributed by atoms with Gasteiger partial charge in [-0.05, 0) is 30.7 Å². The van der Waals surface area contributed by atoms with E-state index in [0.717, 1.165) is 5.69 Å². The lowest BCUT2D eigenvalue weighted by molar-refractivity contribution is 0.405. The molecule has 2 rings (SSSR count). The van der Waals surface area contributed by atoms with Gasteiger partial charge in [0, 0.05) is 23.5 Å². The van der Waals surface area contributed by atoms with Crippen LogP contribution in [0.2, 0.25) is 5.02 Å². The highest BCUT2D eigenvalue weighted by molar-refractivity contribution is 7.92. The standard InChI is InChI=1S/C17H21ClN2O4S/c1-4-9-25(21,22)20-13-7-5-12(6-8-13)19-15-11-16(23-2)14(18)10-17(15)24-3/h5-8,10-11,19-20H,4,9H2,1-3H3. The molecule has 0 amide bonds. The largest absolute Gasteiger partial charge is 0.495 e. The number of halogens is 1. The maximum absolute atomic E-state index is 11.8. The molecule has 0 aliphatic rings. The normalized spacial score (nSPS) is 11.0. The Morgan fingerprint density at radius 2 is 1.60 bits per heavy atom. The van der Waals surface area contributed by atoms with Crippen LogP contribution in [0.25, 0.3) is 0 Å². The maximum Gasteiger partial charge on any atom is 0.232 e. The van der Waals surface area contributed by atoms with Crippen LogP contribution in [0.15, 0.2) is 36.4 Å². The molecule has 0 aliphatic carbocycles. The highest BCUT2D eigenvalue weighted by Crippen LogP contribution is 2.37. The van der Waals surface area contributed by atoms with Crippen molar-refractivity contribution in [1.29, 1.82) is 0 Å². The first-order valence-electron chi connectivity index (χ1n) is 7.67. The van der Waals surface area contributed by atoms with E-state index in [1.807, 2.05) is 6.92 Å². The van der Waals surface area contributed by atoms with E-state index in [0.29, 0.717) is 34.3 Å². The van der Waals surface area contributed by atoms with Gasteiger partial charge in [0.05, 0.1) is 30.7 Å². The molecule has 0 atom stereocenters. The van der Waals surface area contributed by atoms with Crippen molar-refractivity contribution in [2.24, 2.45) is 0 Å². The number of ether oxygens (including phenoxy) is 2. The zero-order valence-corrected chi connectivity index (χ0v) is 15.9. The van der Waals surface area contributed by atoms with Crippen molar-refractivity contribution in [3.05, 3.63) is 41.4 Å². The molecule has 0 fully saturated rings. The monoisotopic (exact) mass is 384 g/mol. The lowest BCUT2D eigenvalue weighted by Gasteiger charge is -2.14. The summed E-state index contributed by atoms with van der Waals surface area (Å²) in [6.45, 7) is 1.82. The van der Waals surface area contributed by atoms with E-state index in [1.165, 1.54) is 7.11 Å². The van der Waals surface area contributed by atoms with Crippen LogP contribution in [0, 0.1) is 0 Å². The first kappa shape index (κ1) is 19.2. The summed E-state index contributed by atoms with van der Waals surface area (Å²) in [7, 11) is -0.216. The van der Waals surface area contributed by atoms with Crippen LogP contribution in [0.4, 0.5) is 17.1 Å². The van der Waals surface area contributed by atoms with E-state index in [4.69, 9.17) is 21.1 Å². The number of benzene rings is 2. The molecule has 0 aromatic heterocycles. The third kappa shape index (κ3) is 5.17. The van der Waals surface area contributed by atoms with Crippen molar-refractivity contribution in [2.45, 2.75) is 13.3 Å². The molecule has 25 heavy (non-hydrogen) atoms. The second-order valence-electron chi connectivity index (χ2n) is 5.31. The Morgan fingerprint density at radius 3 is 2.16 bits per heavy atom. The molecular weight excluding hydrogens is 364 g/mol. The van der Waals surface area contributed by atoms with Crippen molar-refractivity contribution >= 4 is 38.7 Å². The predicted octanol–water partition coefficient (Wildman–Crippen LogP) is 4.25. The van der Waals surface area contributed by atoms with Crippen LogP contribution in [0.5, 0.6) is 11.5 Å². The summed E-state index contributed by atoms with van der Waals surface area (Å²) in [5.74, 6) is 1.18. The van der Waals surface area contributed by atoms with Crippen LogP contribution >= 0.6 is 11.6 Å². The van der Waals surface area contributed by atoms with E-state index >= 15 is 0 Å². The van der Waals surface area contributed by atoms with Gasteiger partial charge >= 0.3 is 0 Å². The number of hydrogen-bond donors (Lipinski definition) is 2. The average Bonchev–Trinajstić information content (AvgIpc) is 2.57. The summed E-state index contributed by atoms with van der Waals surface area (Å²) in [6, 6.07) is 10.3. The Morgan fingerprint density at radius 1 is 1.00 bits per heavy atom. The number of hydrogen-bond acceptors (Lipinski definition) is 5. The van der Waals surface area contributed by atoms with Gasteiger partial charge in [-0.3, -0.25) is 4.72 Å². The molecule has 0 heterocycles. The number of rotatable bonds is 8. The van der Waals surface area contributed by atoms with Crippen LogP contribution in [0.3, 0.4) is 0 Å². The smallest absolute Gasteiger partial charge is 0.232 e. The maximum atomic E-state index is 11.8. The van der Waals surface area contributed by atoms with Crippen LogP contribution < -0.4 is 19.5 Å². The molecule has 0 saturated carbocycles. The van der Waals surface area contributed by atoms with Crippen LogP contribution in [-0.2, 0) is 10.0 Å². The van der Waals surface area contributed by atoms with E-state index in [1.54, 1.807) is 43.5 Å². The second-order valence-corrected chi connectivity index (χ2v) is 7.56. The number of nitrogens with one attached hydrogen (secondary N) is 2. The molecule has 0 spiro atoms. The van der Waals surface area contributed by atoms with Crippen molar-refractivity contribution in [3.8, 4) is 11.5 Å². The minimum Gasteiger partial charge on any atom is -0.495 e. The Hall–Kier alpha value is -2.12. The minimum atomic E-state index is -3.30. The molecule has 2 N–H and O–H groups in total. The molecule has 0 saturated heterocycles. The van der Waals surface area contributed by atoms with Gasteiger partial charge in [-0.25, -0.2) is 8.42 Å². The first-order chi connectivity index (χ1) is 11.9. The fraction of sp³-hybridized carbons (Fsp3) is 0.294. The van der Waals surface area contributed by atoms with Crippen molar-refractivity contribution in [3.63, 3.8) is 0 Å². The van der Waals surface area contributed by atoms with Gasteiger partial charge in [-0.1, -0.05) is 18.5 Å². The van der Waals surface area contributed by atoms with Gasteiger partial charge in [0.1, 0.15) is 11.5 Å². The van der Waals surface area contributed by atoms with Gasteiger partial charge in [0.15, 0.2) is 0 Å². The second kappa shape index (κ2) is 8.31. The summed E-state index contributed by atoms with van der Waals surface area (Å²) >= 11 is 6.09. The Kier molecular flexibility index (Phi) is 6.39. The highest BCUT2D eigenvalue weighted by atomic mass is 35.5. The first-order valence-corrected chi connectivity index (χ1v) is 9.70. The molecule has 6 nitrogen and oxygen atoms in total. The lowest BCUT2D eigenvalue weighted by Crippen LogP contribution is -2.15. The quantitative estimate of drug-likeness (QED) is 0.711. The zero-order valence-electron chi connectivity index (χ0n) is 14.3. The Bertz CT molecular complexity index is 823. The van der Waals surface area contributed by atoms with Gasteiger partial charge < -0.3 is 14.8 Å². The predicted molar refractivity (Wildman–Crippen MR) is 102 cm³/mol. The summed E-state index contributed by atoms with van der Waals surface area (Å²) in [5.41, 5.74) is 1.96.